The number of aromatic nitrogens is 4. The topological polar surface area (TPSA) is 75.9 Å². The van der Waals surface area contributed by atoms with E-state index in [1.807, 2.05) is 25.4 Å². The van der Waals surface area contributed by atoms with E-state index in [1.54, 1.807) is 30.2 Å². The summed E-state index contributed by atoms with van der Waals surface area (Å²) in [4.78, 5) is 23.6. The van der Waals surface area contributed by atoms with Crippen LogP contribution in [0.5, 0.6) is 0 Å². The van der Waals surface area contributed by atoms with Gasteiger partial charge in [-0.2, -0.15) is 5.10 Å². The molecule has 1 fully saturated rings. The van der Waals surface area contributed by atoms with E-state index in [0.717, 1.165) is 48.0 Å². The standard InChI is InChI=1S/C21H25FN6O/c1-14(22)12-28-5-3-15(4-6-28)21(29)26-20-8-16-7-19(18-11-25-27(2)13-18)23-9-17(16)10-24-20/h7-11,13-15H,3-6,12H2,1-2H3,(H,24,26,29)/t14-/m1/s1. The third-order valence-electron chi connectivity index (χ3n) is 5.32. The molecule has 0 aromatic carbocycles. The second-order valence-electron chi connectivity index (χ2n) is 7.73. The van der Waals surface area contributed by atoms with Crippen molar-refractivity contribution < 1.29 is 9.18 Å². The number of aryl methyl sites for hydroxylation is 1. The van der Waals surface area contributed by atoms with Crippen molar-refractivity contribution in [2.75, 3.05) is 25.0 Å². The predicted octanol–water partition coefficient (Wildman–Crippen LogP) is 3.04. The minimum Gasteiger partial charge on any atom is -0.310 e. The van der Waals surface area contributed by atoms with Gasteiger partial charge in [0.15, 0.2) is 0 Å². The summed E-state index contributed by atoms with van der Waals surface area (Å²) in [7, 11) is 1.87. The number of piperidine rings is 1. The van der Waals surface area contributed by atoms with Crippen molar-refractivity contribution in [3.8, 4) is 11.3 Å². The highest BCUT2D eigenvalue weighted by atomic mass is 19.1. The van der Waals surface area contributed by atoms with Gasteiger partial charge in [-0.1, -0.05) is 0 Å². The Hall–Kier alpha value is -2.87. The molecular weight excluding hydrogens is 371 g/mol. The van der Waals surface area contributed by atoms with Gasteiger partial charge in [-0.3, -0.25) is 14.5 Å². The molecule has 0 aliphatic carbocycles. The number of pyridine rings is 2. The lowest BCUT2D eigenvalue weighted by molar-refractivity contribution is -0.121. The van der Waals surface area contributed by atoms with Crippen LogP contribution in [0.4, 0.5) is 10.2 Å². The van der Waals surface area contributed by atoms with Gasteiger partial charge < -0.3 is 10.2 Å². The molecule has 3 aromatic rings. The molecule has 0 bridgehead atoms. The number of nitrogens with one attached hydrogen (secondary N) is 1. The van der Waals surface area contributed by atoms with Gasteiger partial charge in [0, 0.05) is 49.1 Å². The van der Waals surface area contributed by atoms with E-state index in [9.17, 15) is 9.18 Å². The summed E-state index contributed by atoms with van der Waals surface area (Å²) >= 11 is 0. The average Bonchev–Trinajstić information content (AvgIpc) is 3.14. The molecule has 0 unspecified atom stereocenters. The number of carbonyl (C=O) groups excluding carboxylic acids is 1. The molecule has 4 rings (SSSR count). The van der Waals surface area contributed by atoms with Crippen LogP contribution in [0, 0.1) is 5.92 Å². The molecule has 4 heterocycles. The summed E-state index contributed by atoms with van der Waals surface area (Å²) < 4.78 is 14.9. The van der Waals surface area contributed by atoms with Crippen molar-refractivity contribution in [2.24, 2.45) is 13.0 Å². The second kappa shape index (κ2) is 8.24. The van der Waals surface area contributed by atoms with Crippen LogP contribution in [0.15, 0.2) is 36.9 Å². The van der Waals surface area contributed by atoms with Gasteiger partial charge in [0.1, 0.15) is 12.0 Å². The molecule has 29 heavy (non-hydrogen) atoms. The molecule has 1 atom stereocenters. The Morgan fingerprint density at radius 2 is 1.97 bits per heavy atom. The van der Waals surface area contributed by atoms with Crippen molar-refractivity contribution in [3.63, 3.8) is 0 Å². The molecule has 1 N–H and O–H groups in total. The highest BCUT2D eigenvalue weighted by Gasteiger charge is 2.25. The summed E-state index contributed by atoms with van der Waals surface area (Å²) in [6, 6.07) is 3.84. The summed E-state index contributed by atoms with van der Waals surface area (Å²) in [6.07, 6.45) is 7.81. The molecule has 7 nitrogen and oxygen atoms in total. The van der Waals surface area contributed by atoms with Crippen LogP contribution in [-0.2, 0) is 11.8 Å². The zero-order valence-electron chi connectivity index (χ0n) is 16.7. The van der Waals surface area contributed by atoms with Crippen molar-refractivity contribution >= 4 is 22.5 Å². The van der Waals surface area contributed by atoms with Gasteiger partial charge >= 0.3 is 0 Å². The normalized spacial score (nSPS) is 16.8. The molecule has 3 aromatic heterocycles. The number of anilines is 1. The Kier molecular flexibility index (Phi) is 5.53. The zero-order valence-corrected chi connectivity index (χ0v) is 16.7. The molecular formula is C21H25FN6O. The monoisotopic (exact) mass is 396 g/mol. The number of likely N-dealkylation sites (tertiary alicyclic amines) is 1. The van der Waals surface area contributed by atoms with E-state index < -0.39 is 6.17 Å². The SMILES string of the molecule is C[C@@H](F)CN1CCC(C(=O)Nc2cc3cc(-c4cnn(C)c4)ncc3cn2)CC1. The van der Waals surface area contributed by atoms with E-state index >= 15 is 0 Å². The third kappa shape index (κ3) is 4.59. The van der Waals surface area contributed by atoms with Crippen LogP contribution in [0.2, 0.25) is 0 Å². The molecule has 1 amide bonds. The smallest absolute Gasteiger partial charge is 0.228 e. The maximum absolute atomic E-state index is 13.2. The number of halogens is 1. The maximum atomic E-state index is 13.2. The summed E-state index contributed by atoms with van der Waals surface area (Å²) in [5, 5.41) is 8.99. The first-order valence-electron chi connectivity index (χ1n) is 9.90. The van der Waals surface area contributed by atoms with E-state index in [4.69, 9.17) is 0 Å². The van der Waals surface area contributed by atoms with Crippen molar-refractivity contribution in [2.45, 2.75) is 25.9 Å². The predicted molar refractivity (Wildman–Crippen MR) is 110 cm³/mol. The lowest BCUT2D eigenvalue weighted by Gasteiger charge is -2.31. The zero-order chi connectivity index (χ0) is 20.4. The Morgan fingerprint density at radius 1 is 1.21 bits per heavy atom. The molecule has 0 saturated carbocycles. The van der Waals surface area contributed by atoms with Gasteiger partial charge in [0.05, 0.1) is 11.9 Å². The number of rotatable bonds is 5. The first-order chi connectivity index (χ1) is 14.0. The van der Waals surface area contributed by atoms with Gasteiger partial charge in [0.2, 0.25) is 5.91 Å². The van der Waals surface area contributed by atoms with Gasteiger partial charge in [-0.25, -0.2) is 9.37 Å². The minimum absolute atomic E-state index is 0.0219. The third-order valence-corrected chi connectivity index (χ3v) is 5.32. The Morgan fingerprint density at radius 3 is 2.66 bits per heavy atom. The molecule has 0 spiro atoms. The number of hydrogen-bond acceptors (Lipinski definition) is 5. The summed E-state index contributed by atoms with van der Waals surface area (Å²) in [5.41, 5.74) is 1.76. The van der Waals surface area contributed by atoms with Gasteiger partial charge in [0.25, 0.3) is 0 Å². The minimum atomic E-state index is -0.840. The van der Waals surface area contributed by atoms with Crippen molar-refractivity contribution in [1.29, 1.82) is 0 Å². The highest BCUT2D eigenvalue weighted by Crippen LogP contribution is 2.24. The number of carbonyl (C=O) groups is 1. The van der Waals surface area contributed by atoms with E-state index in [-0.39, 0.29) is 11.8 Å². The average molecular weight is 396 g/mol. The van der Waals surface area contributed by atoms with Crippen LogP contribution >= 0.6 is 0 Å². The number of hydrogen-bond donors (Lipinski definition) is 1. The van der Waals surface area contributed by atoms with E-state index in [1.165, 1.54) is 0 Å². The fraction of sp³-hybridized carbons (Fsp3) is 0.429. The molecule has 8 heteroatoms. The van der Waals surface area contributed by atoms with Gasteiger partial charge in [-0.15, -0.1) is 0 Å². The molecule has 1 aliphatic heterocycles. The van der Waals surface area contributed by atoms with Crippen molar-refractivity contribution in [3.05, 3.63) is 36.9 Å². The lowest BCUT2D eigenvalue weighted by atomic mass is 9.95. The van der Waals surface area contributed by atoms with Crippen LogP contribution < -0.4 is 5.32 Å². The van der Waals surface area contributed by atoms with E-state index in [2.05, 4.69) is 25.3 Å². The van der Waals surface area contributed by atoms with Crippen LogP contribution in [0.3, 0.4) is 0 Å². The molecule has 1 saturated heterocycles. The lowest BCUT2D eigenvalue weighted by Crippen LogP contribution is -2.40. The summed E-state index contributed by atoms with van der Waals surface area (Å²) in [5.74, 6) is 0.444. The number of amides is 1. The fourth-order valence-corrected chi connectivity index (χ4v) is 3.78. The number of fused-ring (bicyclic) bond motifs is 1. The molecule has 152 valence electrons. The Labute approximate surface area is 168 Å². The largest absolute Gasteiger partial charge is 0.310 e. The van der Waals surface area contributed by atoms with Crippen molar-refractivity contribution in [1.82, 2.24) is 24.6 Å². The van der Waals surface area contributed by atoms with Gasteiger partial charge in [-0.05, 0) is 50.4 Å². The van der Waals surface area contributed by atoms with E-state index in [0.29, 0.717) is 12.4 Å². The first-order valence-corrected chi connectivity index (χ1v) is 9.90. The quantitative estimate of drug-likeness (QED) is 0.717. The molecule has 1 aliphatic rings. The summed E-state index contributed by atoms with van der Waals surface area (Å²) in [6.45, 7) is 3.50. The second-order valence-corrected chi connectivity index (χ2v) is 7.73. The number of nitrogens with zero attached hydrogens (tertiary/aromatic N) is 5. The Bertz CT molecular complexity index is 1010. The maximum Gasteiger partial charge on any atom is 0.228 e. The van der Waals surface area contributed by atoms with Crippen LogP contribution in [0.25, 0.3) is 22.0 Å². The van der Waals surface area contributed by atoms with Crippen LogP contribution in [0.1, 0.15) is 19.8 Å². The number of alkyl halides is 1. The Balaban J connectivity index is 1.44. The van der Waals surface area contributed by atoms with Crippen LogP contribution in [-0.4, -0.2) is 56.4 Å². The first kappa shape index (κ1) is 19.4. The fourth-order valence-electron chi connectivity index (χ4n) is 3.78. The highest BCUT2D eigenvalue weighted by molar-refractivity contribution is 5.94. The molecule has 0 radical (unpaired) electrons.